The molecule has 0 atom stereocenters. The number of benzene rings is 1. The van der Waals surface area contributed by atoms with Crippen molar-refractivity contribution in [3.8, 4) is 11.4 Å². The zero-order chi connectivity index (χ0) is 14.5. The molecule has 1 N–H and O–H groups in total. The summed E-state index contributed by atoms with van der Waals surface area (Å²) < 4.78 is 11.5. The lowest BCUT2D eigenvalue weighted by Crippen LogP contribution is -2.17. The van der Waals surface area contributed by atoms with E-state index in [2.05, 4.69) is 15.2 Å². The summed E-state index contributed by atoms with van der Waals surface area (Å²) in [5, 5.41) is 7.41. The molecule has 1 heterocycles. The van der Waals surface area contributed by atoms with Crippen molar-refractivity contribution in [2.24, 2.45) is 0 Å². The molecule has 6 heteroatoms. The summed E-state index contributed by atoms with van der Waals surface area (Å²) in [6.45, 7) is 1.99. The Kier molecular flexibility index (Phi) is 4.24. The number of aromatic nitrogens is 2. The molecule has 20 heavy (non-hydrogen) atoms. The fourth-order valence-electron chi connectivity index (χ4n) is 1.78. The van der Waals surface area contributed by atoms with Crippen LogP contribution in [-0.4, -0.2) is 36.5 Å². The van der Waals surface area contributed by atoms with E-state index in [4.69, 9.17) is 4.74 Å². The van der Waals surface area contributed by atoms with E-state index in [-0.39, 0.29) is 12.5 Å². The van der Waals surface area contributed by atoms with Gasteiger partial charge in [-0.05, 0) is 31.2 Å². The summed E-state index contributed by atoms with van der Waals surface area (Å²) in [5.74, 6) is 1.19. The average molecular weight is 275 g/mol. The van der Waals surface area contributed by atoms with E-state index in [1.54, 1.807) is 11.8 Å². The third-order valence-electron chi connectivity index (χ3n) is 2.79. The molecular formula is C14H17N3O3. The molecule has 1 aromatic carbocycles. The van der Waals surface area contributed by atoms with Gasteiger partial charge in [0.1, 0.15) is 18.1 Å². The Morgan fingerprint density at radius 3 is 2.60 bits per heavy atom. The molecule has 2 rings (SSSR count). The Labute approximate surface area is 117 Å². The minimum Gasteiger partial charge on any atom is -0.497 e. The van der Waals surface area contributed by atoms with E-state index in [0.29, 0.717) is 0 Å². The third kappa shape index (κ3) is 3.09. The highest BCUT2D eigenvalue weighted by Crippen LogP contribution is 2.19. The summed E-state index contributed by atoms with van der Waals surface area (Å²) >= 11 is 0. The van der Waals surface area contributed by atoms with Crippen molar-refractivity contribution < 1.29 is 14.3 Å². The Morgan fingerprint density at radius 2 is 2.00 bits per heavy atom. The van der Waals surface area contributed by atoms with E-state index in [1.165, 1.54) is 7.11 Å². The van der Waals surface area contributed by atoms with Gasteiger partial charge < -0.3 is 14.8 Å². The lowest BCUT2D eigenvalue weighted by molar-refractivity contribution is -0.138. The number of hydrogen-bond donors (Lipinski definition) is 1. The van der Waals surface area contributed by atoms with E-state index in [9.17, 15) is 4.79 Å². The van der Waals surface area contributed by atoms with Crippen molar-refractivity contribution in [2.75, 3.05) is 26.1 Å². The average Bonchev–Trinajstić information content (AvgIpc) is 2.85. The van der Waals surface area contributed by atoms with E-state index >= 15 is 0 Å². The van der Waals surface area contributed by atoms with Crippen LogP contribution in [0.2, 0.25) is 0 Å². The minimum atomic E-state index is -0.329. The number of carbonyl (C=O) groups is 1. The highest BCUT2D eigenvalue weighted by Gasteiger charge is 2.09. The predicted octanol–water partition coefficient (Wildman–Crippen LogP) is 1.77. The smallest absolute Gasteiger partial charge is 0.325 e. The number of carbonyl (C=O) groups excluding carboxylic acids is 1. The van der Waals surface area contributed by atoms with Crippen molar-refractivity contribution in [3.05, 3.63) is 36.0 Å². The standard InChI is InChI=1S/C14H17N3O3/c1-10-8-13(15-9-14(18)20-3)17(16-10)11-4-6-12(19-2)7-5-11/h4-8,15H,9H2,1-3H3. The van der Waals surface area contributed by atoms with Crippen LogP contribution in [0.5, 0.6) is 5.75 Å². The summed E-state index contributed by atoms with van der Waals surface area (Å²) in [4.78, 5) is 11.2. The minimum absolute atomic E-state index is 0.0950. The van der Waals surface area contributed by atoms with Crippen molar-refractivity contribution in [2.45, 2.75) is 6.92 Å². The van der Waals surface area contributed by atoms with E-state index < -0.39 is 0 Å². The Bertz CT molecular complexity index is 590. The Morgan fingerprint density at radius 1 is 1.30 bits per heavy atom. The first kappa shape index (κ1) is 13.9. The summed E-state index contributed by atoms with van der Waals surface area (Å²) in [6, 6.07) is 9.38. The normalized spacial score (nSPS) is 10.2. The van der Waals surface area contributed by atoms with Gasteiger partial charge in [-0.25, -0.2) is 4.68 Å². The quantitative estimate of drug-likeness (QED) is 0.842. The fraction of sp³-hybridized carbons (Fsp3) is 0.286. The second kappa shape index (κ2) is 6.10. The monoisotopic (exact) mass is 275 g/mol. The zero-order valence-electron chi connectivity index (χ0n) is 11.7. The maximum atomic E-state index is 11.2. The Hall–Kier alpha value is -2.50. The molecule has 0 aliphatic carbocycles. The van der Waals surface area contributed by atoms with Gasteiger partial charge >= 0.3 is 5.97 Å². The topological polar surface area (TPSA) is 65.4 Å². The van der Waals surface area contributed by atoms with Crippen molar-refractivity contribution in [1.29, 1.82) is 0 Å². The first-order valence-corrected chi connectivity index (χ1v) is 6.16. The van der Waals surface area contributed by atoms with Gasteiger partial charge in [-0.15, -0.1) is 0 Å². The predicted molar refractivity (Wildman–Crippen MR) is 75.4 cm³/mol. The van der Waals surface area contributed by atoms with Crippen molar-refractivity contribution in [3.63, 3.8) is 0 Å². The number of hydrogen-bond acceptors (Lipinski definition) is 5. The fourth-order valence-corrected chi connectivity index (χ4v) is 1.78. The lowest BCUT2D eigenvalue weighted by atomic mass is 10.3. The SMILES string of the molecule is COC(=O)CNc1cc(C)nn1-c1ccc(OC)cc1. The number of esters is 1. The van der Waals surface area contributed by atoms with Crippen LogP contribution in [0.15, 0.2) is 30.3 Å². The first-order valence-electron chi connectivity index (χ1n) is 6.16. The van der Waals surface area contributed by atoms with Crippen LogP contribution >= 0.6 is 0 Å². The van der Waals surface area contributed by atoms with Crippen LogP contribution in [0.25, 0.3) is 5.69 Å². The maximum absolute atomic E-state index is 11.2. The molecule has 6 nitrogen and oxygen atoms in total. The second-order valence-electron chi connectivity index (χ2n) is 4.21. The number of nitrogens with one attached hydrogen (secondary N) is 1. The molecule has 0 radical (unpaired) electrons. The first-order chi connectivity index (χ1) is 9.63. The number of nitrogens with zero attached hydrogens (tertiary/aromatic N) is 2. The molecule has 0 unspecified atom stereocenters. The third-order valence-corrected chi connectivity index (χ3v) is 2.79. The van der Waals surface area contributed by atoms with Gasteiger partial charge in [0.05, 0.1) is 25.6 Å². The number of methoxy groups -OCH3 is 2. The summed E-state index contributed by atoms with van der Waals surface area (Å²) in [7, 11) is 2.98. The van der Waals surface area contributed by atoms with Crippen LogP contribution in [-0.2, 0) is 9.53 Å². The van der Waals surface area contributed by atoms with Gasteiger partial charge in [0.2, 0.25) is 0 Å². The van der Waals surface area contributed by atoms with E-state index in [0.717, 1.165) is 22.9 Å². The van der Waals surface area contributed by atoms with E-state index in [1.807, 2.05) is 37.3 Å². The van der Waals surface area contributed by atoms with Gasteiger partial charge in [0.25, 0.3) is 0 Å². The van der Waals surface area contributed by atoms with Crippen LogP contribution in [0.3, 0.4) is 0 Å². The van der Waals surface area contributed by atoms with Gasteiger partial charge in [0.15, 0.2) is 0 Å². The number of aryl methyl sites for hydroxylation is 1. The molecule has 0 saturated carbocycles. The summed E-state index contributed by atoms with van der Waals surface area (Å²) in [5.41, 5.74) is 1.74. The highest BCUT2D eigenvalue weighted by molar-refractivity contribution is 5.74. The molecule has 106 valence electrons. The highest BCUT2D eigenvalue weighted by atomic mass is 16.5. The molecule has 0 saturated heterocycles. The maximum Gasteiger partial charge on any atom is 0.325 e. The van der Waals surface area contributed by atoms with Gasteiger partial charge in [0, 0.05) is 6.07 Å². The lowest BCUT2D eigenvalue weighted by Gasteiger charge is -2.09. The van der Waals surface area contributed by atoms with Crippen LogP contribution in [0, 0.1) is 6.92 Å². The number of ether oxygens (including phenoxy) is 2. The summed E-state index contributed by atoms with van der Waals surface area (Å²) in [6.07, 6.45) is 0. The van der Waals surface area contributed by atoms with Crippen molar-refractivity contribution in [1.82, 2.24) is 9.78 Å². The molecule has 0 bridgehead atoms. The van der Waals surface area contributed by atoms with Crippen LogP contribution < -0.4 is 10.1 Å². The Balaban J connectivity index is 2.23. The zero-order valence-corrected chi connectivity index (χ0v) is 11.7. The van der Waals surface area contributed by atoms with Crippen LogP contribution in [0.4, 0.5) is 5.82 Å². The van der Waals surface area contributed by atoms with Crippen molar-refractivity contribution >= 4 is 11.8 Å². The molecule has 1 aromatic heterocycles. The van der Waals surface area contributed by atoms with Gasteiger partial charge in [-0.3, -0.25) is 4.79 Å². The van der Waals surface area contributed by atoms with Gasteiger partial charge in [-0.1, -0.05) is 0 Å². The largest absolute Gasteiger partial charge is 0.497 e. The molecule has 2 aromatic rings. The molecule has 0 spiro atoms. The number of anilines is 1. The number of rotatable bonds is 5. The molecule has 0 aliphatic heterocycles. The molecular weight excluding hydrogens is 258 g/mol. The molecule has 0 amide bonds. The van der Waals surface area contributed by atoms with Crippen LogP contribution in [0.1, 0.15) is 5.69 Å². The molecule has 0 fully saturated rings. The van der Waals surface area contributed by atoms with Gasteiger partial charge in [-0.2, -0.15) is 5.10 Å². The molecule has 0 aliphatic rings. The second-order valence-corrected chi connectivity index (χ2v) is 4.21.